The molecule has 24 heavy (non-hydrogen) atoms. The number of benzene rings is 1. The summed E-state index contributed by atoms with van der Waals surface area (Å²) in [4.78, 5) is 26.6. The Kier molecular flexibility index (Phi) is 5.40. The van der Waals surface area contributed by atoms with Crippen LogP contribution >= 0.6 is 11.3 Å². The Morgan fingerprint density at radius 3 is 2.71 bits per heavy atom. The van der Waals surface area contributed by atoms with E-state index in [4.69, 9.17) is 9.84 Å². The third-order valence-electron chi connectivity index (χ3n) is 2.85. The molecule has 0 spiro atoms. The fourth-order valence-corrected chi connectivity index (χ4v) is 2.70. The Hall–Kier alpha value is -2.61. The van der Waals surface area contributed by atoms with Crippen LogP contribution in [0.1, 0.15) is 26.3 Å². The number of alkyl carbamates (subject to hydrolysis) is 1. The summed E-state index contributed by atoms with van der Waals surface area (Å²) in [5, 5.41) is 13.3. The lowest BCUT2D eigenvalue weighted by molar-refractivity contribution is 0.0523. The maximum atomic E-state index is 11.8. The summed E-state index contributed by atoms with van der Waals surface area (Å²) in [5.74, 6) is 0. The van der Waals surface area contributed by atoms with Crippen LogP contribution in [0.25, 0.3) is 5.69 Å². The number of hydrogen-bond donors (Lipinski definition) is 2. The minimum absolute atomic E-state index is 0.250. The molecule has 2 rings (SSSR count). The van der Waals surface area contributed by atoms with Crippen molar-refractivity contribution in [1.29, 1.82) is 0 Å². The zero-order chi connectivity index (χ0) is 17.7. The first-order chi connectivity index (χ1) is 11.3. The number of nitrogens with one attached hydrogen (secondary N) is 1. The van der Waals surface area contributed by atoms with Crippen LogP contribution in [0.15, 0.2) is 40.8 Å². The highest BCUT2D eigenvalue weighted by atomic mass is 32.1. The van der Waals surface area contributed by atoms with Gasteiger partial charge in [0.15, 0.2) is 0 Å². The predicted molar refractivity (Wildman–Crippen MR) is 90.3 cm³/mol. The number of carbonyl (C=O) groups is 2. The van der Waals surface area contributed by atoms with Gasteiger partial charge in [0, 0.05) is 18.1 Å². The molecule has 0 saturated heterocycles. The number of hydrogen-bond acceptors (Lipinski definition) is 4. The highest BCUT2D eigenvalue weighted by Crippen LogP contribution is 2.14. The molecule has 0 bridgehead atoms. The maximum absolute atomic E-state index is 11.8. The highest BCUT2D eigenvalue weighted by molar-refractivity contribution is 7.07. The maximum Gasteiger partial charge on any atom is 0.433 e. The van der Waals surface area contributed by atoms with E-state index >= 15 is 0 Å². The van der Waals surface area contributed by atoms with Crippen LogP contribution < -0.4 is 10.1 Å². The van der Waals surface area contributed by atoms with Crippen molar-refractivity contribution >= 4 is 23.5 Å². The molecule has 0 unspecified atom stereocenters. The number of aromatic nitrogens is 1. The number of carbonyl (C=O) groups excluding carboxylic acids is 1. The van der Waals surface area contributed by atoms with Crippen molar-refractivity contribution in [3.05, 3.63) is 46.2 Å². The third-order valence-corrected chi connectivity index (χ3v) is 3.61. The van der Waals surface area contributed by atoms with Crippen molar-refractivity contribution in [2.75, 3.05) is 0 Å². The molecule has 0 aliphatic carbocycles. The molecule has 1 heterocycles. The van der Waals surface area contributed by atoms with E-state index in [-0.39, 0.29) is 6.54 Å². The van der Waals surface area contributed by atoms with Gasteiger partial charge in [0.05, 0.1) is 5.69 Å². The normalized spacial score (nSPS) is 12.0. The molecule has 2 amide bonds. The molecule has 128 valence electrons. The second kappa shape index (κ2) is 7.31. The van der Waals surface area contributed by atoms with Crippen LogP contribution in [0.3, 0.4) is 0 Å². The van der Waals surface area contributed by atoms with E-state index in [1.807, 2.05) is 24.3 Å². The van der Waals surface area contributed by atoms with Gasteiger partial charge in [0.25, 0.3) is 0 Å². The lowest BCUT2D eigenvalue weighted by Gasteiger charge is -2.20. The molecule has 2 aromatic rings. The van der Waals surface area contributed by atoms with E-state index in [2.05, 4.69) is 10.3 Å². The van der Waals surface area contributed by atoms with E-state index in [0.717, 1.165) is 11.3 Å². The van der Waals surface area contributed by atoms with Gasteiger partial charge in [-0.2, -0.15) is 0 Å². The Bertz CT molecular complexity index is 802. The van der Waals surface area contributed by atoms with Gasteiger partial charge >= 0.3 is 12.2 Å². The summed E-state index contributed by atoms with van der Waals surface area (Å²) < 4.78 is 6.89. The van der Waals surface area contributed by atoms with Crippen molar-refractivity contribution in [1.82, 2.24) is 9.88 Å². The largest absolute Gasteiger partial charge is 0.463 e. The number of ether oxygens (including phenoxy) is 1. The van der Waals surface area contributed by atoms with Gasteiger partial charge in [-0.15, -0.1) is 16.3 Å². The second-order valence-electron chi connectivity index (χ2n) is 5.93. The summed E-state index contributed by atoms with van der Waals surface area (Å²) in [6.45, 7) is 5.63. The number of carboxylic acid groups (broad SMARTS) is 1. The van der Waals surface area contributed by atoms with Crippen molar-refractivity contribution in [3.63, 3.8) is 0 Å². The zero-order valence-electron chi connectivity index (χ0n) is 13.6. The number of para-hydroxylation sites is 1. The Morgan fingerprint density at radius 1 is 1.33 bits per heavy atom. The molecule has 0 aliphatic rings. The number of nitrogens with zero attached hydrogens (tertiary/aromatic N) is 2. The van der Waals surface area contributed by atoms with Crippen LogP contribution in [-0.2, 0) is 11.3 Å². The average molecular weight is 349 g/mol. The molecule has 0 aliphatic heterocycles. The molecule has 0 radical (unpaired) electrons. The Balaban J connectivity index is 2.25. The molecular formula is C16H19N3O4S. The van der Waals surface area contributed by atoms with Crippen molar-refractivity contribution in [2.45, 2.75) is 32.9 Å². The van der Waals surface area contributed by atoms with Crippen molar-refractivity contribution in [2.24, 2.45) is 4.99 Å². The Labute approximate surface area is 143 Å². The van der Waals surface area contributed by atoms with E-state index in [9.17, 15) is 9.59 Å². The van der Waals surface area contributed by atoms with Gasteiger partial charge < -0.3 is 15.2 Å². The Morgan fingerprint density at radius 2 is 2.04 bits per heavy atom. The average Bonchev–Trinajstić information content (AvgIpc) is 2.91. The lowest BCUT2D eigenvalue weighted by atomic mass is 10.1. The summed E-state index contributed by atoms with van der Waals surface area (Å²) in [5.41, 5.74) is 0.989. The molecule has 0 atom stereocenters. The molecule has 1 aromatic heterocycles. The summed E-state index contributed by atoms with van der Waals surface area (Å²) >= 11 is 1.22. The van der Waals surface area contributed by atoms with Crippen molar-refractivity contribution in [3.8, 4) is 5.69 Å². The van der Waals surface area contributed by atoms with E-state index < -0.39 is 17.8 Å². The van der Waals surface area contributed by atoms with Crippen LogP contribution in [0, 0.1) is 0 Å². The van der Waals surface area contributed by atoms with Gasteiger partial charge in [-0.1, -0.05) is 18.2 Å². The van der Waals surface area contributed by atoms with Gasteiger partial charge in [0.1, 0.15) is 5.60 Å². The van der Waals surface area contributed by atoms with Gasteiger partial charge in [0.2, 0.25) is 4.80 Å². The van der Waals surface area contributed by atoms with Crippen LogP contribution in [0.5, 0.6) is 0 Å². The first-order valence-corrected chi connectivity index (χ1v) is 8.13. The molecule has 8 heteroatoms. The monoisotopic (exact) mass is 349 g/mol. The lowest BCUT2D eigenvalue weighted by Crippen LogP contribution is -2.32. The summed E-state index contributed by atoms with van der Waals surface area (Å²) in [6.07, 6.45) is -0.0303. The number of thiazole rings is 1. The molecule has 0 fully saturated rings. The molecule has 7 nitrogen and oxygen atoms in total. The smallest absolute Gasteiger partial charge is 0.433 e. The third kappa shape index (κ3) is 4.95. The minimum atomic E-state index is -1.25. The quantitative estimate of drug-likeness (QED) is 0.890. The molecule has 2 N–H and O–H groups in total. The van der Waals surface area contributed by atoms with Crippen LogP contribution in [0.2, 0.25) is 0 Å². The summed E-state index contributed by atoms with van der Waals surface area (Å²) in [6, 6.07) is 7.36. The number of amides is 2. The van der Waals surface area contributed by atoms with Crippen molar-refractivity contribution < 1.29 is 19.4 Å². The molecule has 0 saturated carbocycles. The predicted octanol–water partition coefficient (Wildman–Crippen LogP) is 3.14. The zero-order valence-corrected chi connectivity index (χ0v) is 14.5. The minimum Gasteiger partial charge on any atom is -0.463 e. The van der Waals surface area contributed by atoms with E-state index in [1.165, 1.54) is 11.3 Å². The van der Waals surface area contributed by atoms with Gasteiger partial charge in [-0.3, -0.25) is 4.57 Å². The van der Waals surface area contributed by atoms with Crippen LogP contribution in [0.4, 0.5) is 9.59 Å². The first kappa shape index (κ1) is 17.7. The SMILES string of the molecule is CC(C)(C)OC(=O)NCc1ccccc1-n1ccsc1=NC(=O)O. The van der Waals surface area contributed by atoms with E-state index in [0.29, 0.717) is 4.80 Å². The van der Waals surface area contributed by atoms with Gasteiger partial charge in [-0.25, -0.2) is 9.59 Å². The van der Waals surface area contributed by atoms with Gasteiger partial charge in [-0.05, 0) is 32.4 Å². The number of rotatable bonds is 3. The second-order valence-corrected chi connectivity index (χ2v) is 6.81. The van der Waals surface area contributed by atoms with Crippen LogP contribution in [-0.4, -0.2) is 27.5 Å². The fraction of sp³-hybridized carbons (Fsp3) is 0.312. The standard InChI is InChI=1S/C16H19N3O4S/c1-16(2,3)23-15(22)17-10-11-6-4-5-7-12(11)19-8-9-24-13(19)18-14(20)21/h4-9H,10H2,1-3H3,(H,17,22)(H,20,21). The van der Waals surface area contributed by atoms with E-state index in [1.54, 1.807) is 36.9 Å². The molecular weight excluding hydrogens is 330 g/mol. The fourth-order valence-electron chi connectivity index (χ4n) is 1.99. The highest BCUT2D eigenvalue weighted by Gasteiger charge is 2.16. The first-order valence-electron chi connectivity index (χ1n) is 7.25. The summed E-state index contributed by atoms with van der Waals surface area (Å²) in [7, 11) is 0. The molecule has 1 aromatic carbocycles. The topological polar surface area (TPSA) is 92.9 Å².